The molecule has 1 aromatic heterocycles. The summed E-state index contributed by atoms with van der Waals surface area (Å²) in [5.74, 6) is 2.57. The van der Waals surface area contributed by atoms with E-state index in [1.165, 1.54) is 0 Å². The Balaban J connectivity index is 2.65. The normalized spacial score (nSPS) is 9.09. The van der Waals surface area contributed by atoms with Crippen molar-refractivity contribution in [1.29, 1.82) is 0 Å². The zero-order valence-corrected chi connectivity index (χ0v) is 6.80. The molecular weight excluding hydrogens is 158 g/mol. The molecule has 0 N–H and O–H groups in total. The second-order valence-corrected chi connectivity index (χ2v) is 2.58. The monoisotopic (exact) mass is 165 g/mol. The summed E-state index contributed by atoms with van der Waals surface area (Å²) in [6, 6.07) is 3.75. The summed E-state index contributed by atoms with van der Waals surface area (Å²) in [7, 11) is 0. The Hall–Kier alpha value is -1.00. The fourth-order valence-electron chi connectivity index (χ4n) is 0.815. The minimum absolute atomic E-state index is 0.527. The average molecular weight is 166 g/mol. The van der Waals surface area contributed by atoms with Crippen LogP contribution in [0, 0.1) is 12.3 Å². The fourth-order valence-corrected chi connectivity index (χ4v) is 1.01. The van der Waals surface area contributed by atoms with Gasteiger partial charge in [-0.3, -0.25) is 0 Å². The number of halogens is 1. The number of pyridine rings is 1. The largest absolute Gasteiger partial charge is 0.245 e. The molecule has 1 heterocycles. The first-order valence-electron chi connectivity index (χ1n) is 3.37. The molecule has 11 heavy (non-hydrogen) atoms. The molecule has 0 aliphatic carbocycles. The number of aryl methyl sites for hydroxylation is 1. The molecule has 1 rings (SSSR count). The van der Waals surface area contributed by atoms with Gasteiger partial charge in [0.2, 0.25) is 0 Å². The van der Waals surface area contributed by atoms with Crippen molar-refractivity contribution in [2.75, 3.05) is 0 Å². The number of aromatic nitrogens is 1. The molecule has 0 unspecified atom stereocenters. The first-order valence-corrected chi connectivity index (χ1v) is 3.74. The summed E-state index contributed by atoms with van der Waals surface area (Å²) in [6.45, 7) is 0. The van der Waals surface area contributed by atoms with Gasteiger partial charge in [0, 0.05) is 12.6 Å². The van der Waals surface area contributed by atoms with E-state index in [0.29, 0.717) is 5.15 Å². The van der Waals surface area contributed by atoms with Gasteiger partial charge in [-0.1, -0.05) is 11.6 Å². The maximum absolute atomic E-state index is 5.66. The second kappa shape index (κ2) is 4.00. The highest BCUT2D eigenvalue weighted by molar-refractivity contribution is 6.29. The summed E-state index contributed by atoms with van der Waals surface area (Å²) in [4.78, 5) is 3.86. The van der Waals surface area contributed by atoms with Gasteiger partial charge in [-0.25, -0.2) is 4.98 Å². The van der Waals surface area contributed by atoms with Crippen LogP contribution in [0.3, 0.4) is 0 Å². The van der Waals surface area contributed by atoms with Crippen molar-refractivity contribution < 1.29 is 0 Å². The van der Waals surface area contributed by atoms with E-state index in [-0.39, 0.29) is 0 Å². The molecule has 1 nitrogen and oxygen atoms in total. The van der Waals surface area contributed by atoms with E-state index < -0.39 is 0 Å². The van der Waals surface area contributed by atoms with Gasteiger partial charge >= 0.3 is 0 Å². The van der Waals surface area contributed by atoms with Gasteiger partial charge in [-0.2, -0.15) is 0 Å². The first-order chi connectivity index (χ1) is 5.33. The summed E-state index contributed by atoms with van der Waals surface area (Å²) < 4.78 is 0. The lowest BCUT2D eigenvalue weighted by Crippen LogP contribution is -1.84. The highest BCUT2D eigenvalue weighted by atomic mass is 35.5. The van der Waals surface area contributed by atoms with Crippen LogP contribution in [0.1, 0.15) is 12.0 Å². The molecule has 0 aromatic carbocycles. The van der Waals surface area contributed by atoms with Crippen molar-refractivity contribution in [2.45, 2.75) is 12.8 Å². The van der Waals surface area contributed by atoms with E-state index in [0.717, 1.165) is 18.4 Å². The standard InChI is InChI=1S/C9H8ClN/c1-2-3-4-8-5-6-11-9(10)7-8/h1,5-7H,3-4H2. The Morgan fingerprint density at radius 1 is 1.64 bits per heavy atom. The maximum Gasteiger partial charge on any atom is 0.129 e. The summed E-state index contributed by atoms with van der Waals surface area (Å²) in [5.41, 5.74) is 1.14. The Kier molecular flexibility index (Phi) is 2.95. The molecule has 0 radical (unpaired) electrons. The minimum Gasteiger partial charge on any atom is -0.245 e. The van der Waals surface area contributed by atoms with Gasteiger partial charge in [-0.15, -0.1) is 12.3 Å². The molecule has 0 saturated carbocycles. The predicted molar refractivity (Wildman–Crippen MR) is 46.4 cm³/mol. The molecule has 0 fully saturated rings. The van der Waals surface area contributed by atoms with Gasteiger partial charge in [-0.05, 0) is 24.1 Å². The smallest absolute Gasteiger partial charge is 0.129 e. The van der Waals surface area contributed by atoms with E-state index in [4.69, 9.17) is 18.0 Å². The van der Waals surface area contributed by atoms with Crippen molar-refractivity contribution in [2.24, 2.45) is 0 Å². The third-order valence-electron chi connectivity index (χ3n) is 1.35. The predicted octanol–water partition coefficient (Wildman–Crippen LogP) is 2.30. The SMILES string of the molecule is C#CCCc1ccnc(Cl)c1. The molecule has 0 aliphatic rings. The molecule has 0 atom stereocenters. The third-order valence-corrected chi connectivity index (χ3v) is 1.56. The van der Waals surface area contributed by atoms with E-state index in [9.17, 15) is 0 Å². The van der Waals surface area contributed by atoms with Crippen LogP contribution in [0.5, 0.6) is 0 Å². The molecule has 0 bridgehead atoms. The number of hydrogen-bond donors (Lipinski definition) is 0. The van der Waals surface area contributed by atoms with Gasteiger partial charge in [0.1, 0.15) is 5.15 Å². The average Bonchev–Trinajstić information content (AvgIpc) is 2.01. The lowest BCUT2D eigenvalue weighted by Gasteiger charge is -1.95. The first kappa shape index (κ1) is 8.10. The highest BCUT2D eigenvalue weighted by Gasteiger charge is 1.92. The van der Waals surface area contributed by atoms with Crippen LogP contribution in [-0.2, 0) is 6.42 Å². The van der Waals surface area contributed by atoms with Crippen LogP contribution >= 0.6 is 11.6 Å². The van der Waals surface area contributed by atoms with E-state index in [1.807, 2.05) is 12.1 Å². The molecule has 2 heteroatoms. The van der Waals surface area contributed by atoms with Gasteiger partial charge < -0.3 is 0 Å². The Morgan fingerprint density at radius 2 is 2.45 bits per heavy atom. The summed E-state index contributed by atoms with van der Waals surface area (Å²) in [5, 5.41) is 0.527. The van der Waals surface area contributed by atoms with Crippen LogP contribution < -0.4 is 0 Å². The van der Waals surface area contributed by atoms with Crippen molar-refractivity contribution in [3.05, 3.63) is 29.0 Å². The van der Waals surface area contributed by atoms with E-state index in [1.54, 1.807) is 6.20 Å². The molecule has 0 amide bonds. The quantitative estimate of drug-likeness (QED) is 0.484. The number of nitrogens with zero attached hydrogens (tertiary/aromatic N) is 1. The lowest BCUT2D eigenvalue weighted by atomic mass is 10.1. The van der Waals surface area contributed by atoms with Gasteiger partial charge in [0.15, 0.2) is 0 Å². The van der Waals surface area contributed by atoms with Crippen LogP contribution in [0.4, 0.5) is 0 Å². The van der Waals surface area contributed by atoms with E-state index in [2.05, 4.69) is 10.9 Å². The number of hydrogen-bond acceptors (Lipinski definition) is 1. The maximum atomic E-state index is 5.66. The topological polar surface area (TPSA) is 12.9 Å². The molecule has 1 aromatic rings. The number of terminal acetylenes is 1. The Morgan fingerprint density at radius 3 is 3.09 bits per heavy atom. The zero-order chi connectivity index (χ0) is 8.10. The van der Waals surface area contributed by atoms with Crippen molar-refractivity contribution in [1.82, 2.24) is 4.98 Å². The minimum atomic E-state index is 0.527. The van der Waals surface area contributed by atoms with Gasteiger partial charge in [0.25, 0.3) is 0 Å². The summed E-state index contributed by atoms with van der Waals surface area (Å²) >= 11 is 5.66. The summed E-state index contributed by atoms with van der Waals surface area (Å²) in [6.07, 6.45) is 8.43. The van der Waals surface area contributed by atoms with Crippen LogP contribution in [0.2, 0.25) is 5.15 Å². The van der Waals surface area contributed by atoms with Crippen LogP contribution in [0.25, 0.3) is 0 Å². The number of rotatable bonds is 2. The highest BCUT2D eigenvalue weighted by Crippen LogP contribution is 2.08. The molecular formula is C9H8ClN. The molecule has 0 spiro atoms. The molecule has 0 saturated heterocycles. The third kappa shape index (κ3) is 2.61. The molecule has 0 aliphatic heterocycles. The second-order valence-electron chi connectivity index (χ2n) is 2.19. The van der Waals surface area contributed by atoms with Crippen molar-refractivity contribution in [3.63, 3.8) is 0 Å². The molecule has 56 valence electrons. The van der Waals surface area contributed by atoms with Crippen LogP contribution in [0.15, 0.2) is 18.3 Å². The van der Waals surface area contributed by atoms with Gasteiger partial charge in [0.05, 0.1) is 0 Å². The lowest BCUT2D eigenvalue weighted by molar-refractivity contribution is 1.02. The fraction of sp³-hybridized carbons (Fsp3) is 0.222. The zero-order valence-electron chi connectivity index (χ0n) is 6.05. The van der Waals surface area contributed by atoms with E-state index >= 15 is 0 Å². The Bertz CT molecular complexity index is 275. The van der Waals surface area contributed by atoms with Crippen molar-refractivity contribution >= 4 is 11.6 Å². The van der Waals surface area contributed by atoms with Crippen molar-refractivity contribution in [3.8, 4) is 12.3 Å². The Labute approximate surface area is 71.4 Å². The van der Waals surface area contributed by atoms with Crippen LogP contribution in [-0.4, -0.2) is 4.98 Å².